The van der Waals surface area contributed by atoms with Crippen molar-refractivity contribution in [3.8, 4) is 0 Å². The Morgan fingerprint density at radius 1 is 1.50 bits per heavy atom. The first-order valence-corrected chi connectivity index (χ1v) is 4.81. The van der Waals surface area contributed by atoms with Gasteiger partial charge >= 0.3 is 6.03 Å². The molecule has 0 aromatic rings. The maximum absolute atomic E-state index is 11.5. The molecule has 2 aliphatic rings. The number of carbonyl (C=O) groups excluding carboxylic acids is 2. The van der Waals surface area contributed by atoms with Gasteiger partial charge in [0.15, 0.2) is 0 Å². The second kappa shape index (κ2) is 3.24. The molecule has 2 aliphatic heterocycles. The second-order valence-corrected chi connectivity index (χ2v) is 4.05. The molecule has 2 heterocycles. The first-order valence-electron chi connectivity index (χ1n) is 4.81. The second-order valence-electron chi connectivity index (χ2n) is 4.05. The topological polar surface area (TPSA) is 58.6 Å². The summed E-state index contributed by atoms with van der Waals surface area (Å²) in [6.45, 7) is 3.75. The lowest BCUT2D eigenvalue weighted by atomic mass is 9.98. The SMILES string of the molecule is CC1(N2CCC(=O)NC2=O)CCOC1. The number of urea groups is 1. The number of carbonyl (C=O) groups is 2. The van der Waals surface area contributed by atoms with Crippen molar-refractivity contribution in [3.63, 3.8) is 0 Å². The quantitative estimate of drug-likeness (QED) is 0.650. The first kappa shape index (κ1) is 9.45. The summed E-state index contributed by atoms with van der Waals surface area (Å²) in [5.41, 5.74) is -0.231. The molecule has 0 radical (unpaired) electrons. The van der Waals surface area contributed by atoms with Crippen molar-refractivity contribution in [3.05, 3.63) is 0 Å². The third kappa shape index (κ3) is 1.48. The number of nitrogens with zero attached hydrogens (tertiary/aromatic N) is 1. The van der Waals surface area contributed by atoms with Gasteiger partial charge in [0.2, 0.25) is 5.91 Å². The summed E-state index contributed by atoms with van der Waals surface area (Å²) in [4.78, 5) is 24.2. The Labute approximate surface area is 82.4 Å². The molecule has 14 heavy (non-hydrogen) atoms. The third-order valence-corrected chi connectivity index (χ3v) is 2.90. The number of imide groups is 1. The van der Waals surface area contributed by atoms with Crippen molar-refractivity contribution >= 4 is 11.9 Å². The number of hydrogen-bond acceptors (Lipinski definition) is 3. The standard InChI is InChI=1S/C9H14N2O3/c1-9(3-5-14-6-9)11-4-2-7(12)10-8(11)13/h2-6H2,1H3,(H,10,12,13). The lowest BCUT2D eigenvalue weighted by molar-refractivity contribution is -0.122. The molecule has 5 nitrogen and oxygen atoms in total. The van der Waals surface area contributed by atoms with E-state index in [1.807, 2.05) is 6.92 Å². The van der Waals surface area contributed by atoms with Crippen LogP contribution in [-0.2, 0) is 9.53 Å². The first-order chi connectivity index (χ1) is 6.62. The maximum atomic E-state index is 11.5. The van der Waals surface area contributed by atoms with Crippen molar-refractivity contribution < 1.29 is 14.3 Å². The van der Waals surface area contributed by atoms with Crippen LogP contribution >= 0.6 is 0 Å². The van der Waals surface area contributed by atoms with E-state index in [2.05, 4.69) is 5.32 Å². The summed E-state index contributed by atoms with van der Waals surface area (Å²) in [5, 5.41) is 2.32. The minimum Gasteiger partial charge on any atom is -0.379 e. The largest absolute Gasteiger partial charge is 0.379 e. The number of nitrogens with one attached hydrogen (secondary N) is 1. The third-order valence-electron chi connectivity index (χ3n) is 2.90. The van der Waals surface area contributed by atoms with Crippen molar-refractivity contribution in [1.29, 1.82) is 0 Å². The summed E-state index contributed by atoms with van der Waals surface area (Å²) >= 11 is 0. The van der Waals surface area contributed by atoms with E-state index in [9.17, 15) is 9.59 Å². The fourth-order valence-electron chi connectivity index (χ4n) is 1.95. The Morgan fingerprint density at radius 2 is 2.29 bits per heavy atom. The number of hydrogen-bond donors (Lipinski definition) is 1. The highest BCUT2D eigenvalue weighted by atomic mass is 16.5. The Morgan fingerprint density at radius 3 is 2.86 bits per heavy atom. The normalized spacial score (nSPS) is 33.4. The van der Waals surface area contributed by atoms with Crippen LogP contribution in [-0.4, -0.2) is 42.1 Å². The highest BCUT2D eigenvalue weighted by Crippen LogP contribution is 2.26. The average molecular weight is 198 g/mol. The van der Waals surface area contributed by atoms with Crippen LogP contribution in [0.1, 0.15) is 19.8 Å². The van der Waals surface area contributed by atoms with Crippen LogP contribution in [0.2, 0.25) is 0 Å². The van der Waals surface area contributed by atoms with Gasteiger partial charge < -0.3 is 9.64 Å². The molecule has 1 atom stereocenters. The van der Waals surface area contributed by atoms with Gasteiger partial charge in [-0.25, -0.2) is 4.79 Å². The van der Waals surface area contributed by atoms with E-state index in [4.69, 9.17) is 4.74 Å². The van der Waals surface area contributed by atoms with Gasteiger partial charge in [-0.2, -0.15) is 0 Å². The van der Waals surface area contributed by atoms with E-state index >= 15 is 0 Å². The van der Waals surface area contributed by atoms with Gasteiger partial charge in [-0.3, -0.25) is 10.1 Å². The Hall–Kier alpha value is -1.10. The van der Waals surface area contributed by atoms with E-state index in [0.29, 0.717) is 26.2 Å². The zero-order valence-electron chi connectivity index (χ0n) is 8.21. The van der Waals surface area contributed by atoms with E-state index < -0.39 is 0 Å². The zero-order chi connectivity index (χ0) is 10.2. The predicted octanol–water partition coefficient (Wildman–Crippen LogP) is 0.107. The van der Waals surface area contributed by atoms with Gasteiger partial charge in [0.25, 0.3) is 0 Å². The molecule has 0 aromatic heterocycles. The fourth-order valence-corrected chi connectivity index (χ4v) is 1.95. The molecule has 2 rings (SSSR count). The minimum atomic E-state index is -0.283. The number of ether oxygens (including phenoxy) is 1. The van der Waals surface area contributed by atoms with E-state index in [0.717, 1.165) is 6.42 Å². The molecular formula is C9H14N2O3. The van der Waals surface area contributed by atoms with Gasteiger partial charge in [-0.1, -0.05) is 0 Å². The van der Waals surface area contributed by atoms with Crippen LogP contribution in [0.5, 0.6) is 0 Å². The highest BCUT2D eigenvalue weighted by molar-refractivity contribution is 5.96. The van der Waals surface area contributed by atoms with Gasteiger partial charge in [-0.05, 0) is 13.3 Å². The summed E-state index contributed by atoms with van der Waals surface area (Å²) in [6, 6.07) is -0.283. The lowest BCUT2D eigenvalue weighted by Gasteiger charge is -2.39. The van der Waals surface area contributed by atoms with Crippen LogP contribution in [0.25, 0.3) is 0 Å². The zero-order valence-corrected chi connectivity index (χ0v) is 8.21. The maximum Gasteiger partial charge on any atom is 0.324 e. The van der Waals surface area contributed by atoms with Crippen molar-refractivity contribution in [2.75, 3.05) is 19.8 Å². The monoisotopic (exact) mass is 198 g/mol. The van der Waals surface area contributed by atoms with Gasteiger partial charge in [0.1, 0.15) is 0 Å². The van der Waals surface area contributed by atoms with Crippen molar-refractivity contribution in [2.45, 2.75) is 25.3 Å². The Kier molecular flexibility index (Phi) is 2.19. The van der Waals surface area contributed by atoms with E-state index in [1.54, 1.807) is 4.90 Å². The Balaban J connectivity index is 2.10. The average Bonchev–Trinajstić information content (AvgIpc) is 2.52. The molecule has 78 valence electrons. The smallest absolute Gasteiger partial charge is 0.324 e. The van der Waals surface area contributed by atoms with Crippen LogP contribution in [0, 0.1) is 0 Å². The Bertz CT molecular complexity index is 271. The molecule has 0 aliphatic carbocycles. The highest BCUT2D eigenvalue weighted by Gasteiger charge is 2.41. The van der Waals surface area contributed by atoms with Gasteiger partial charge in [0.05, 0.1) is 12.1 Å². The molecule has 5 heteroatoms. The molecule has 2 fully saturated rings. The van der Waals surface area contributed by atoms with Gasteiger partial charge in [0, 0.05) is 19.6 Å². The predicted molar refractivity (Wildman–Crippen MR) is 48.7 cm³/mol. The number of rotatable bonds is 1. The summed E-state index contributed by atoms with van der Waals surface area (Å²) in [6.07, 6.45) is 1.23. The molecule has 1 N–H and O–H groups in total. The van der Waals surface area contributed by atoms with Crippen LogP contribution in [0.3, 0.4) is 0 Å². The van der Waals surface area contributed by atoms with E-state index in [1.165, 1.54) is 0 Å². The molecule has 0 saturated carbocycles. The molecule has 1 unspecified atom stereocenters. The van der Waals surface area contributed by atoms with Gasteiger partial charge in [-0.15, -0.1) is 0 Å². The summed E-state index contributed by atoms with van der Waals surface area (Å²) in [5.74, 6) is -0.186. The molecule has 3 amide bonds. The summed E-state index contributed by atoms with van der Waals surface area (Å²) in [7, 11) is 0. The fraction of sp³-hybridized carbons (Fsp3) is 0.778. The molecular weight excluding hydrogens is 184 g/mol. The molecule has 0 aromatic carbocycles. The van der Waals surface area contributed by atoms with Crippen LogP contribution in [0.4, 0.5) is 4.79 Å². The molecule has 0 spiro atoms. The van der Waals surface area contributed by atoms with Crippen LogP contribution in [0.15, 0.2) is 0 Å². The van der Waals surface area contributed by atoms with E-state index in [-0.39, 0.29) is 17.5 Å². The molecule has 2 saturated heterocycles. The van der Waals surface area contributed by atoms with Crippen molar-refractivity contribution in [1.82, 2.24) is 10.2 Å². The van der Waals surface area contributed by atoms with Crippen LogP contribution < -0.4 is 5.32 Å². The minimum absolute atomic E-state index is 0.186. The number of amides is 3. The van der Waals surface area contributed by atoms with Crippen molar-refractivity contribution in [2.24, 2.45) is 0 Å². The molecule has 0 bridgehead atoms. The lowest BCUT2D eigenvalue weighted by Crippen LogP contribution is -2.59. The summed E-state index contributed by atoms with van der Waals surface area (Å²) < 4.78 is 5.28.